The van der Waals surface area contributed by atoms with E-state index < -0.39 is 0 Å². The van der Waals surface area contributed by atoms with Gasteiger partial charge in [0.25, 0.3) is 0 Å². The molecule has 0 bridgehead atoms. The van der Waals surface area contributed by atoms with Crippen molar-refractivity contribution >= 4 is 29.1 Å². The number of aromatic nitrogens is 2. The molecule has 1 heterocycles. The predicted molar refractivity (Wildman–Crippen MR) is 42.5 cm³/mol. The molecule has 0 radical (unpaired) electrons. The molecule has 10 heavy (non-hydrogen) atoms. The Labute approximate surface area is 66.5 Å². The van der Waals surface area contributed by atoms with Gasteiger partial charge in [-0.05, 0) is 11.5 Å². The van der Waals surface area contributed by atoms with E-state index in [2.05, 4.69) is 9.36 Å². The van der Waals surface area contributed by atoms with Crippen molar-refractivity contribution in [2.75, 3.05) is 5.75 Å². The van der Waals surface area contributed by atoms with Crippen LogP contribution >= 0.6 is 23.3 Å². The lowest BCUT2D eigenvalue weighted by Crippen LogP contribution is -2.11. The molecule has 3 N–H and O–H groups in total. The summed E-state index contributed by atoms with van der Waals surface area (Å²) < 4.78 is 4.66. The lowest BCUT2D eigenvalue weighted by atomic mass is 10.7. The number of amidine groups is 1. The summed E-state index contributed by atoms with van der Waals surface area (Å²) in [6, 6.07) is 0. The molecule has 0 saturated carbocycles. The summed E-state index contributed by atoms with van der Waals surface area (Å²) in [5.41, 5.74) is 5.13. The van der Waals surface area contributed by atoms with Crippen LogP contribution in [-0.2, 0) is 0 Å². The van der Waals surface area contributed by atoms with Crippen molar-refractivity contribution in [1.82, 2.24) is 9.36 Å². The summed E-state index contributed by atoms with van der Waals surface area (Å²) in [7, 11) is 0. The van der Waals surface area contributed by atoms with Crippen molar-refractivity contribution in [3.8, 4) is 0 Å². The summed E-state index contributed by atoms with van der Waals surface area (Å²) in [5.74, 6) is 0.662. The third kappa shape index (κ3) is 2.32. The zero-order chi connectivity index (χ0) is 7.40. The lowest BCUT2D eigenvalue weighted by molar-refractivity contribution is 1.22. The van der Waals surface area contributed by atoms with E-state index in [1.165, 1.54) is 29.6 Å². The van der Waals surface area contributed by atoms with Crippen LogP contribution < -0.4 is 5.73 Å². The van der Waals surface area contributed by atoms with Gasteiger partial charge in [-0.1, -0.05) is 11.8 Å². The topological polar surface area (TPSA) is 75.7 Å². The predicted octanol–water partition coefficient (Wildman–Crippen LogP) is 0.566. The van der Waals surface area contributed by atoms with E-state index in [1.54, 1.807) is 0 Å². The molecule has 0 aromatic carbocycles. The Balaban J connectivity index is 2.35. The van der Waals surface area contributed by atoms with Crippen molar-refractivity contribution in [1.29, 1.82) is 5.41 Å². The highest BCUT2D eigenvalue weighted by atomic mass is 32.2. The first-order chi connectivity index (χ1) is 4.79. The zero-order valence-corrected chi connectivity index (χ0v) is 6.71. The smallest absolute Gasteiger partial charge is 0.170 e. The molecule has 4 nitrogen and oxygen atoms in total. The van der Waals surface area contributed by atoms with Crippen LogP contribution in [0.3, 0.4) is 0 Å². The number of hydrogen-bond donors (Lipinski definition) is 2. The molecule has 0 aliphatic rings. The Kier molecular flexibility index (Phi) is 2.64. The Morgan fingerprint density at radius 2 is 2.70 bits per heavy atom. The molecule has 1 rings (SSSR count). The van der Waals surface area contributed by atoms with Gasteiger partial charge in [-0.2, -0.15) is 4.37 Å². The standard InChI is InChI=1S/C4H6N4S2/c5-3(6)1-9-4-7-2-8-10-4/h2H,1H2,(H3,5,6). The number of rotatable bonds is 3. The molecule has 0 aliphatic heterocycles. The minimum absolute atomic E-state index is 0.167. The molecule has 0 spiro atoms. The van der Waals surface area contributed by atoms with Crippen LogP contribution in [0.25, 0.3) is 0 Å². The van der Waals surface area contributed by atoms with Gasteiger partial charge in [-0.25, -0.2) is 4.98 Å². The van der Waals surface area contributed by atoms with E-state index in [0.29, 0.717) is 5.75 Å². The molecule has 0 atom stereocenters. The van der Waals surface area contributed by atoms with Crippen LogP contribution in [0.5, 0.6) is 0 Å². The molecule has 0 amide bonds. The zero-order valence-electron chi connectivity index (χ0n) is 5.07. The van der Waals surface area contributed by atoms with Gasteiger partial charge in [0.15, 0.2) is 4.34 Å². The molecular formula is C4H6N4S2. The molecule has 0 aliphatic carbocycles. The number of thioether (sulfide) groups is 1. The maximum Gasteiger partial charge on any atom is 0.170 e. The van der Waals surface area contributed by atoms with Crippen molar-refractivity contribution < 1.29 is 0 Å². The number of hydrogen-bond acceptors (Lipinski definition) is 5. The first-order valence-corrected chi connectivity index (χ1v) is 4.27. The molecule has 0 fully saturated rings. The quantitative estimate of drug-likeness (QED) is 0.399. The summed E-state index contributed by atoms with van der Waals surface area (Å²) in [5, 5.41) is 6.91. The number of nitrogens with zero attached hydrogens (tertiary/aromatic N) is 2. The van der Waals surface area contributed by atoms with Gasteiger partial charge in [0.2, 0.25) is 0 Å². The highest BCUT2D eigenvalue weighted by molar-refractivity contribution is 8.01. The summed E-state index contributed by atoms with van der Waals surface area (Å²) in [6.45, 7) is 0. The Bertz CT molecular complexity index is 207. The highest BCUT2D eigenvalue weighted by Crippen LogP contribution is 2.16. The third-order valence-electron chi connectivity index (χ3n) is 0.692. The van der Waals surface area contributed by atoms with Crippen LogP contribution in [0.2, 0.25) is 0 Å². The van der Waals surface area contributed by atoms with Gasteiger partial charge >= 0.3 is 0 Å². The average Bonchev–Trinajstić information content (AvgIpc) is 2.34. The van der Waals surface area contributed by atoms with E-state index in [1.807, 2.05) is 0 Å². The Morgan fingerprint density at radius 1 is 1.90 bits per heavy atom. The molecule has 0 unspecified atom stereocenters. The molecular weight excluding hydrogens is 168 g/mol. The third-order valence-corrected chi connectivity index (χ3v) is 2.54. The van der Waals surface area contributed by atoms with Gasteiger partial charge in [0, 0.05) is 0 Å². The van der Waals surface area contributed by atoms with Crippen LogP contribution in [-0.4, -0.2) is 20.9 Å². The largest absolute Gasteiger partial charge is 0.387 e. The van der Waals surface area contributed by atoms with Crippen molar-refractivity contribution in [2.24, 2.45) is 5.73 Å². The summed E-state index contributed by atoms with van der Waals surface area (Å²) in [6.07, 6.45) is 1.49. The fraction of sp³-hybridized carbons (Fsp3) is 0.250. The Morgan fingerprint density at radius 3 is 3.20 bits per heavy atom. The number of nitrogens with two attached hydrogens (primary N) is 1. The second-order valence-electron chi connectivity index (χ2n) is 1.52. The number of nitrogens with one attached hydrogen (secondary N) is 1. The van der Waals surface area contributed by atoms with Crippen molar-refractivity contribution in [3.63, 3.8) is 0 Å². The summed E-state index contributed by atoms with van der Waals surface area (Å²) >= 11 is 2.75. The van der Waals surface area contributed by atoms with Gasteiger partial charge < -0.3 is 5.73 Å². The first kappa shape index (κ1) is 7.49. The SMILES string of the molecule is N=C(N)CSc1ncns1. The molecule has 54 valence electrons. The van der Waals surface area contributed by atoms with Gasteiger partial charge in [-0.15, -0.1) is 0 Å². The van der Waals surface area contributed by atoms with Crippen LogP contribution in [0.4, 0.5) is 0 Å². The van der Waals surface area contributed by atoms with E-state index in [0.717, 1.165) is 4.34 Å². The molecule has 1 aromatic heterocycles. The van der Waals surface area contributed by atoms with Crippen molar-refractivity contribution in [2.45, 2.75) is 4.34 Å². The molecule has 1 aromatic rings. The van der Waals surface area contributed by atoms with E-state index in [9.17, 15) is 0 Å². The van der Waals surface area contributed by atoms with Crippen LogP contribution in [0.15, 0.2) is 10.7 Å². The lowest BCUT2D eigenvalue weighted by Gasteiger charge is -1.91. The Hall–Kier alpha value is -0.620. The maximum absolute atomic E-state index is 6.91. The van der Waals surface area contributed by atoms with Crippen LogP contribution in [0, 0.1) is 5.41 Å². The summed E-state index contributed by atoms with van der Waals surface area (Å²) in [4.78, 5) is 3.91. The second kappa shape index (κ2) is 3.52. The molecule has 6 heteroatoms. The van der Waals surface area contributed by atoms with E-state index in [4.69, 9.17) is 11.1 Å². The normalized spacial score (nSPS) is 9.60. The minimum atomic E-state index is 0.167. The monoisotopic (exact) mass is 174 g/mol. The second-order valence-corrected chi connectivity index (χ2v) is 3.52. The van der Waals surface area contributed by atoms with Gasteiger partial charge in [-0.3, -0.25) is 5.41 Å². The maximum atomic E-state index is 6.91. The first-order valence-electron chi connectivity index (χ1n) is 2.51. The van der Waals surface area contributed by atoms with E-state index >= 15 is 0 Å². The average molecular weight is 174 g/mol. The van der Waals surface area contributed by atoms with Gasteiger partial charge in [0.1, 0.15) is 12.2 Å². The van der Waals surface area contributed by atoms with Crippen LogP contribution in [0.1, 0.15) is 0 Å². The fourth-order valence-electron chi connectivity index (χ4n) is 0.366. The van der Waals surface area contributed by atoms with Crippen molar-refractivity contribution in [3.05, 3.63) is 6.33 Å². The highest BCUT2D eigenvalue weighted by Gasteiger charge is 1.96. The van der Waals surface area contributed by atoms with E-state index in [-0.39, 0.29) is 5.84 Å². The minimum Gasteiger partial charge on any atom is -0.387 e. The molecule has 0 saturated heterocycles. The van der Waals surface area contributed by atoms with Gasteiger partial charge in [0.05, 0.1) is 5.75 Å². The fourth-order valence-corrected chi connectivity index (χ4v) is 1.56.